The van der Waals surface area contributed by atoms with Crippen LogP contribution in [0.3, 0.4) is 0 Å². The van der Waals surface area contributed by atoms with Crippen LogP contribution in [0.2, 0.25) is 0 Å². The van der Waals surface area contributed by atoms with Crippen LogP contribution in [-0.2, 0) is 7.05 Å². The molecule has 1 aliphatic heterocycles. The fraction of sp³-hybridized carbons (Fsp3) is 0.533. The van der Waals surface area contributed by atoms with Gasteiger partial charge in [0.1, 0.15) is 11.5 Å². The second-order valence-electron chi connectivity index (χ2n) is 5.68. The van der Waals surface area contributed by atoms with Gasteiger partial charge in [0.15, 0.2) is 0 Å². The molecule has 1 saturated heterocycles. The van der Waals surface area contributed by atoms with E-state index in [2.05, 4.69) is 25.9 Å². The summed E-state index contributed by atoms with van der Waals surface area (Å²) in [6.07, 6.45) is 4.31. The molecular formula is C15H22N6. The zero-order valence-corrected chi connectivity index (χ0v) is 12.6. The Kier molecular flexibility index (Phi) is 4.15. The van der Waals surface area contributed by atoms with E-state index in [0.717, 1.165) is 48.3 Å². The smallest absolute Gasteiger partial charge is 0.148 e. The van der Waals surface area contributed by atoms with E-state index in [9.17, 15) is 0 Å². The van der Waals surface area contributed by atoms with Gasteiger partial charge in [-0.2, -0.15) is 5.10 Å². The standard InChI is InChI=1S/C15H22N6/c1-11-9-18-21(2)15(11)13-3-4-14(20-19-13)17-10-12-5-7-16-8-6-12/h3-4,9,12,16H,5-8,10H2,1-2H3,(H,17,20). The average Bonchev–Trinajstić information content (AvgIpc) is 2.86. The fourth-order valence-electron chi connectivity index (χ4n) is 2.80. The molecule has 0 aliphatic carbocycles. The van der Waals surface area contributed by atoms with E-state index in [-0.39, 0.29) is 0 Å². The van der Waals surface area contributed by atoms with Gasteiger partial charge in [-0.3, -0.25) is 4.68 Å². The molecule has 2 aromatic rings. The minimum absolute atomic E-state index is 0.729. The normalized spacial score (nSPS) is 16.1. The van der Waals surface area contributed by atoms with Crippen LogP contribution in [0.25, 0.3) is 11.4 Å². The minimum atomic E-state index is 0.729. The first-order chi connectivity index (χ1) is 10.2. The van der Waals surface area contributed by atoms with Crippen molar-refractivity contribution in [1.82, 2.24) is 25.3 Å². The number of hydrogen-bond acceptors (Lipinski definition) is 5. The third kappa shape index (κ3) is 3.21. The maximum Gasteiger partial charge on any atom is 0.148 e. The van der Waals surface area contributed by atoms with E-state index in [0.29, 0.717) is 0 Å². The van der Waals surface area contributed by atoms with Crippen molar-refractivity contribution in [2.45, 2.75) is 19.8 Å². The molecule has 3 rings (SSSR count). The summed E-state index contributed by atoms with van der Waals surface area (Å²) in [5.74, 6) is 1.57. The Morgan fingerprint density at radius 1 is 1.29 bits per heavy atom. The van der Waals surface area contributed by atoms with E-state index < -0.39 is 0 Å². The maximum atomic E-state index is 4.32. The monoisotopic (exact) mass is 286 g/mol. The van der Waals surface area contributed by atoms with E-state index in [1.807, 2.05) is 37.0 Å². The number of aryl methyl sites for hydroxylation is 2. The van der Waals surface area contributed by atoms with Crippen molar-refractivity contribution in [3.05, 3.63) is 23.9 Å². The number of hydrogen-bond donors (Lipinski definition) is 2. The molecule has 0 atom stereocenters. The van der Waals surface area contributed by atoms with Crippen molar-refractivity contribution in [3.8, 4) is 11.4 Å². The number of aromatic nitrogens is 4. The molecular weight excluding hydrogens is 264 g/mol. The summed E-state index contributed by atoms with van der Waals surface area (Å²) in [5, 5.41) is 19.6. The van der Waals surface area contributed by atoms with Crippen molar-refractivity contribution in [3.63, 3.8) is 0 Å². The summed E-state index contributed by atoms with van der Waals surface area (Å²) in [7, 11) is 1.92. The molecule has 0 bridgehead atoms. The molecule has 2 aromatic heterocycles. The predicted molar refractivity (Wildman–Crippen MR) is 83.1 cm³/mol. The molecule has 6 heteroatoms. The van der Waals surface area contributed by atoms with Crippen LogP contribution in [0.4, 0.5) is 5.82 Å². The second-order valence-corrected chi connectivity index (χ2v) is 5.68. The Morgan fingerprint density at radius 3 is 2.71 bits per heavy atom. The summed E-state index contributed by atoms with van der Waals surface area (Å²) in [5.41, 5.74) is 2.99. The largest absolute Gasteiger partial charge is 0.368 e. The van der Waals surface area contributed by atoms with Crippen LogP contribution in [-0.4, -0.2) is 39.6 Å². The third-order valence-corrected chi connectivity index (χ3v) is 4.06. The summed E-state index contributed by atoms with van der Waals surface area (Å²) < 4.78 is 1.83. The zero-order valence-electron chi connectivity index (χ0n) is 12.6. The Bertz CT molecular complexity index is 563. The van der Waals surface area contributed by atoms with Gasteiger partial charge in [0.05, 0.1) is 11.9 Å². The zero-order chi connectivity index (χ0) is 14.7. The van der Waals surface area contributed by atoms with Gasteiger partial charge in [-0.05, 0) is 56.5 Å². The van der Waals surface area contributed by atoms with Crippen molar-refractivity contribution >= 4 is 5.82 Å². The molecule has 1 aliphatic rings. The lowest BCUT2D eigenvalue weighted by atomic mass is 9.98. The first-order valence-electron chi connectivity index (χ1n) is 7.51. The molecule has 0 amide bonds. The van der Waals surface area contributed by atoms with Crippen molar-refractivity contribution < 1.29 is 0 Å². The summed E-state index contributed by atoms with van der Waals surface area (Å²) in [4.78, 5) is 0. The van der Waals surface area contributed by atoms with Crippen LogP contribution in [0.15, 0.2) is 18.3 Å². The summed E-state index contributed by atoms with van der Waals surface area (Å²) in [6.45, 7) is 5.25. The Labute approximate surface area is 125 Å². The quantitative estimate of drug-likeness (QED) is 0.893. The van der Waals surface area contributed by atoms with Gasteiger partial charge >= 0.3 is 0 Å². The second kappa shape index (κ2) is 6.22. The highest BCUT2D eigenvalue weighted by Gasteiger charge is 2.13. The molecule has 6 nitrogen and oxygen atoms in total. The van der Waals surface area contributed by atoms with Gasteiger partial charge < -0.3 is 10.6 Å². The number of nitrogens with one attached hydrogen (secondary N) is 2. The van der Waals surface area contributed by atoms with E-state index in [4.69, 9.17) is 0 Å². The predicted octanol–water partition coefficient (Wildman–Crippen LogP) is 1.60. The summed E-state index contributed by atoms with van der Waals surface area (Å²) in [6, 6.07) is 4.00. The number of rotatable bonds is 4. The SMILES string of the molecule is Cc1cnn(C)c1-c1ccc(NCC2CCNCC2)nn1. The number of nitrogens with zero attached hydrogens (tertiary/aromatic N) is 4. The lowest BCUT2D eigenvalue weighted by molar-refractivity contribution is 0.389. The van der Waals surface area contributed by atoms with Crippen LogP contribution >= 0.6 is 0 Å². The van der Waals surface area contributed by atoms with E-state index in [1.54, 1.807) is 0 Å². The minimum Gasteiger partial charge on any atom is -0.368 e. The molecule has 0 spiro atoms. The van der Waals surface area contributed by atoms with Gasteiger partial charge in [-0.15, -0.1) is 10.2 Å². The highest BCUT2D eigenvalue weighted by Crippen LogP contribution is 2.20. The first-order valence-corrected chi connectivity index (χ1v) is 7.51. The number of anilines is 1. The van der Waals surface area contributed by atoms with Gasteiger partial charge in [-0.1, -0.05) is 0 Å². The average molecular weight is 286 g/mol. The highest BCUT2D eigenvalue weighted by molar-refractivity contribution is 5.59. The maximum absolute atomic E-state index is 4.32. The fourth-order valence-corrected chi connectivity index (χ4v) is 2.80. The third-order valence-electron chi connectivity index (χ3n) is 4.06. The molecule has 0 unspecified atom stereocenters. The Hall–Kier alpha value is -1.95. The molecule has 0 radical (unpaired) electrons. The van der Waals surface area contributed by atoms with Crippen LogP contribution in [0.1, 0.15) is 18.4 Å². The molecule has 21 heavy (non-hydrogen) atoms. The molecule has 1 fully saturated rings. The lowest BCUT2D eigenvalue weighted by Crippen LogP contribution is -2.31. The molecule has 3 heterocycles. The van der Waals surface area contributed by atoms with Gasteiger partial charge in [0, 0.05) is 13.6 Å². The topological polar surface area (TPSA) is 67.7 Å². The van der Waals surface area contributed by atoms with Crippen molar-refractivity contribution in [2.75, 3.05) is 25.0 Å². The van der Waals surface area contributed by atoms with E-state index in [1.165, 1.54) is 12.8 Å². The van der Waals surface area contributed by atoms with Crippen LogP contribution in [0, 0.1) is 12.8 Å². The molecule has 0 aromatic carbocycles. The molecule has 112 valence electrons. The molecule has 2 N–H and O–H groups in total. The summed E-state index contributed by atoms with van der Waals surface area (Å²) >= 11 is 0. The van der Waals surface area contributed by atoms with Gasteiger partial charge in [-0.25, -0.2) is 0 Å². The van der Waals surface area contributed by atoms with Crippen molar-refractivity contribution in [2.24, 2.45) is 13.0 Å². The van der Waals surface area contributed by atoms with Gasteiger partial charge in [0.2, 0.25) is 0 Å². The highest BCUT2D eigenvalue weighted by atomic mass is 15.3. The van der Waals surface area contributed by atoms with Gasteiger partial charge in [0.25, 0.3) is 0 Å². The number of piperidine rings is 1. The van der Waals surface area contributed by atoms with Crippen LogP contribution in [0.5, 0.6) is 0 Å². The lowest BCUT2D eigenvalue weighted by Gasteiger charge is -2.22. The van der Waals surface area contributed by atoms with Crippen LogP contribution < -0.4 is 10.6 Å². The Balaban J connectivity index is 1.64. The van der Waals surface area contributed by atoms with Crippen molar-refractivity contribution in [1.29, 1.82) is 0 Å². The van der Waals surface area contributed by atoms with E-state index >= 15 is 0 Å². The first kappa shape index (κ1) is 14.0. The Morgan fingerprint density at radius 2 is 2.10 bits per heavy atom. The molecule has 0 saturated carbocycles.